The predicted molar refractivity (Wildman–Crippen MR) is 85.4 cm³/mol. The molecule has 0 radical (unpaired) electrons. The van der Waals surface area contributed by atoms with Crippen LogP contribution in [0.4, 0.5) is 0 Å². The van der Waals surface area contributed by atoms with Crippen molar-refractivity contribution in [1.82, 2.24) is 0 Å². The van der Waals surface area contributed by atoms with Crippen LogP contribution in [0, 0.1) is 0 Å². The Kier molecular flexibility index (Phi) is 14.6. The van der Waals surface area contributed by atoms with Crippen LogP contribution in [-0.2, 0) is 4.79 Å². The Balaban J connectivity index is 3.17. The zero-order valence-electron chi connectivity index (χ0n) is 13.7. The fourth-order valence-corrected chi connectivity index (χ4v) is 2.01. The summed E-state index contributed by atoms with van der Waals surface area (Å²) in [5.74, 6) is 0. The second-order valence-corrected chi connectivity index (χ2v) is 5.13. The van der Waals surface area contributed by atoms with Gasteiger partial charge in [-0.25, -0.2) is 0 Å². The molecule has 0 bridgehead atoms. The van der Waals surface area contributed by atoms with Crippen LogP contribution in [0.5, 0.6) is 0 Å². The van der Waals surface area contributed by atoms with Gasteiger partial charge in [-0.2, -0.15) is 0 Å². The zero-order valence-corrected chi connectivity index (χ0v) is 12.7. The van der Waals surface area contributed by atoms with Crippen molar-refractivity contribution in [2.75, 3.05) is 0 Å². The average molecular weight is 265 g/mol. The van der Waals surface area contributed by atoms with Gasteiger partial charge in [0.25, 0.3) is 0 Å². The van der Waals surface area contributed by atoms with Gasteiger partial charge in [0.15, 0.2) is 0 Å². The van der Waals surface area contributed by atoms with E-state index in [9.17, 15) is 4.79 Å². The van der Waals surface area contributed by atoms with Crippen molar-refractivity contribution in [3.05, 3.63) is 24.3 Å². The first-order chi connectivity index (χ1) is 9.77. The molecule has 0 heterocycles. The van der Waals surface area contributed by atoms with Crippen molar-refractivity contribution < 1.29 is 6.17 Å². The highest BCUT2D eigenvalue weighted by molar-refractivity contribution is 5.48. The summed E-state index contributed by atoms with van der Waals surface area (Å²) in [6.07, 6.45) is 22.2. The molecule has 0 aliphatic rings. The molecule has 0 aromatic rings. The average Bonchev–Trinajstić information content (AvgIpc) is 2.43. The third-order valence-corrected chi connectivity index (χ3v) is 3.23. The normalized spacial score (nSPS) is 12.4. The van der Waals surface area contributed by atoms with Crippen LogP contribution in [0.25, 0.3) is 0 Å². The molecule has 0 fully saturated rings. The fourth-order valence-electron chi connectivity index (χ4n) is 2.01. The third-order valence-electron chi connectivity index (χ3n) is 3.23. The highest BCUT2D eigenvalue weighted by Crippen LogP contribution is 2.07. The van der Waals surface area contributed by atoms with Gasteiger partial charge in [-0.3, -0.25) is 0 Å². The first-order valence-corrected chi connectivity index (χ1v) is 8.06. The Morgan fingerprint density at radius 3 is 1.84 bits per heavy atom. The number of allylic oxidation sites excluding steroid dienone is 4. The van der Waals surface area contributed by atoms with Gasteiger partial charge in [-0.1, -0.05) is 63.3 Å². The monoisotopic (exact) mass is 265 g/mol. The minimum Gasteiger partial charge on any atom is -0.303 e. The standard InChI is InChI=1S/C18H32O/c1-2-3-4-5-6-7-8-9-10-11-12-13-14-15-16-17-18-19/h6-7,9-10,18H,2-5,8,11-17H2,1H3/b7-6-,10-9-/i18D. The first-order valence-electron chi connectivity index (χ1n) is 8.56. The maximum absolute atomic E-state index is 10.4. The summed E-state index contributed by atoms with van der Waals surface area (Å²) in [5, 5.41) is 0. The molecule has 0 aromatic carbocycles. The van der Waals surface area contributed by atoms with E-state index in [-0.39, 0.29) is 0 Å². The van der Waals surface area contributed by atoms with Gasteiger partial charge in [0.2, 0.25) is 0 Å². The van der Waals surface area contributed by atoms with Crippen LogP contribution in [-0.4, -0.2) is 6.26 Å². The molecule has 0 unspecified atom stereocenters. The SMILES string of the molecule is [2H]C(=O)CCCCCCC/C=C\C/C=C\CCCCC. The number of carbonyl (C=O) groups is 1. The number of aldehydes is 1. The van der Waals surface area contributed by atoms with E-state index in [0.717, 1.165) is 19.3 Å². The lowest BCUT2D eigenvalue weighted by molar-refractivity contribution is -0.107. The van der Waals surface area contributed by atoms with Gasteiger partial charge in [0, 0.05) is 6.42 Å². The molecule has 0 amide bonds. The van der Waals surface area contributed by atoms with Crippen LogP contribution in [0.3, 0.4) is 0 Å². The Morgan fingerprint density at radius 1 is 0.737 bits per heavy atom. The van der Waals surface area contributed by atoms with Crippen LogP contribution < -0.4 is 0 Å². The lowest BCUT2D eigenvalue weighted by atomic mass is 10.1. The molecule has 1 heteroatoms. The fraction of sp³-hybridized carbons (Fsp3) is 0.722. The molecule has 0 saturated carbocycles. The maximum Gasteiger partial charge on any atom is 0.119 e. The summed E-state index contributed by atoms with van der Waals surface area (Å²) in [5.41, 5.74) is 0. The van der Waals surface area contributed by atoms with Gasteiger partial charge in [0.1, 0.15) is 7.63 Å². The number of carbonyl (C=O) groups excluding carboxylic acids is 1. The molecular weight excluding hydrogens is 232 g/mol. The number of unbranched alkanes of at least 4 members (excludes halogenated alkanes) is 8. The van der Waals surface area contributed by atoms with Gasteiger partial charge in [0.05, 0.1) is 0 Å². The van der Waals surface area contributed by atoms with Crippen molar-refractivity contribution in [1.29, 1.82) is 0 Å². The summed E-state index contributed by atoms with van der Waals surface area (Å²) in [7, 11) is 0. The van der Waals surface area contributed by atoms with E-state index in [1.807, 2.05) is 0 Å². The molecule has 0 saturated heterocycles. The Hall–Kier alpha value is -0.850. The van der Waals surface area contributed by atoms with E-state index in [1.165, 1.54) is 51.4 Å². The summed E-state index contributed by atoms with van der Waals surface area (Å²) >= 11 is 0. The molecule has 0 spiro atoms. The highest BCUT2D eigenvalue weighted by atomic mass is 16.1. The van der Waals surface area contributed by atoms with Crippen LogP contribution in [0.2, 0.25) is 0 Å². The quantitative estimate of drug-likeness (QED) is 0.214. The Bertz CT molecular complexity index is 269. The summed E-state index contributed by atoms with van der Waals surface area (Å²) in [6, 6.07) is 0. The molecule has 110 valence electrons. The third kappa shape index (κ3) is 17.1. The molecule has 0 rings (SSSR count). The summed E-state index contributed by atoms with van der Waals surface area (Å²) in [4.78, 5) is 10.4. The topological polar surface area (TPSA) is 17.1 Å². The van der Waals surface area contributed by atoms with E-state index in [2.05, 4.69) is 31.2 Å². The van der Waals surface area contributed by atoms with E-state index in [4.69, 9.17) is 1.37 Å². The zero-order chi connectivity index (χ0) is 14.9. The molecule has 0 aliphatic carbocycles. The molecule has 0 atom stereocenters. The Morgan fingerprint density at radius 2 is 1.26 bits per heavy atom. The van der Waals surface area contributed by atoms with Crippen molar-refractivity contribution >= 4 is 6.26 Å². The Labute approximate surface area is 121 Å². The first kappa shape index (κ1) is 16.2. The lowest BCUT2D eigenvalue weighted by Gasteiger charge is -1.97. The van der Waals surface area contributed by atoms with Gasteiger partial charge in [-0.05, 0) is 38.5 Å². The second kappa shape index (κ2) is 17.2. The summed E-state index contributed by atoms with van der Waals surface area (Å²) in [6.45, 7) is 2.24. The molecule has 0 aliphatic heterocycles. The van der Waals surface area contributed by atoms with Gasteiger partial charge >= 0.3 is 0 Å². The number of hydrogen-bond acceptors (Lipinski definition) is 1. The molecule has 1 nitrogen and oxygen atoms in total. The predicted octanol–water partition coefficient (Wildman–Crippen LogP) is 6.00. The van der Waals surface area contributed by atoms with E-state index >= 15 is 0 Å². The van der Waals surface area contributed by atoms with Gasteiger partial charge < -0.3 is 4.79 Å². The highest BCUT2D eigenvalue weighted by Gasteiger charge is 1.89. The van der Waals surface area contributed by atoms with E-state index in [0.29, 0.717) is 6.42 Å². The minimum absolute atomic E-state index is 0.421. The maximum atomic E-state index is 10.4. The van der Waals surface area contributed by atoms with Crippen molar-refractivity contribution in [2.45, 2.75) is 84.0 Å². The van der Waals surface area contributed by atoms with E-state index in [1.54, 1.807) is 0 Å². The second-order valence-electron chi connectivity index (χ2n) is 5.13. The number of hydrogen-bond donors (Lipinski definition) is 0. The largest absolute Gasteiger partial charge is 0.303 e. The summed E-state index contributed by atoms with van der Waals surface area (Å²) < 4.78 is 6.80. The minimum atomic E-state index is -0.421. The number of rotatable bonds is 14. The van der Waals surface area contributed by atoms with Gasteiger partial charge in [-0.15, -0.1) is 0 Å². The van der Waals surface area contributed by atoms with Crippen molar-refractivity contribution in [2.24, 2.45) is 0 Å². The van der Waals surface area contributed by atoms with Crippen LogP contribution in [0.1, 0.15) is 85.3 Å². The van der Waals surface area contributed by atoms with Crippen LogP contribution >= 0.6 is 0 Å². The lowest BCUT2D eigenvalue weighted by Crippen LogP contribution is -1.80. The molecular formula is C18H32O. The van der Waals surface area contributed by atoms with E-state index < -0.39 is 6.26 Å². The molecule has 0 N–H and O–H groups in total. The van der Waals surface area contributed by atoms with Crippen molar-refractivity contribution in [3.8, 4) is 0 Å². The molecule has 19 heavy (non-hydrogen) atoms. The van der Waals surface area contributed by atoms with Crippen molar-refractivity contribution in [3.63, 3.8) is 0 Å². The molecule has 0 aromatic heterocycles. The van der Waals surface area contributed by atoms with Crippen LogP contribution in [0.15, 0.2) is 24.3 Å². The smallest absolute Gasteiger partial charge is 0.119 e.